The molecule has 0 aliphatic rings. The van der Waals surface area contributed by atoms with Crippen molar-refractivity contribution >= 4 is 23.3 Å². The summed E-state index contributed by atoms with van der Waals surface area (Å²) in [5.74, 6) is 1.97. The third-order valence-corrected chi connectivity index (χ3v) is 3.87. The number of halogens is 1. The van der Waals surface area contributed by atoms with E-state index >= 15 is 0 Å². The molecule has 1 rings (SSSR count). The highest BCUT2D eigenvalue weighted by molar-refractivity contribution is 6.33. The Kier molecular flexibility index (Phi) is 6.27. The molecular weight excluding hydrogens is 274 g/mol. The van der Waals surface area contributed by atoms with Crippen LogP contribution in [0.15, 0.2) is 12.3 Å². The van der Waals surface area contributed by atoms with Crippen LogP contribution in [0.2, 0.25) is 5.02 Å². The van der Waals surface area contributed by atoms with Crippen LogP contribution in [0.5, 0.6) is 0 Å². The number of carbonyl (C=O) groups is 1. The molecular formula is C15H24ClN3O. The summed E-state index contributed by atoms with van der Waals surface area (Å²) in [5, 5.41) is 6.24. The van der Waals surface area contributed by atoms with Crippen molar-refractivity contribution in [2.75, 3.05) is 18.9 Å². The van der Waals surface area contributed by atoms with E-state index in [0.717, 1.165) is 0 Å². The van der Waals surface area contributed by atoms with Gasteiger partial charge in [-0.2, -0.15) is 0 Å². The second-order valence-corrected chi connectivity index (χ2v) is 6.07. The lowest BCUT2D eigenvalue weighted by atomic mass is 9.85. The summed E-state index contributed by atoms with van der Waals surface area (Å²) >= 11 is 6.04. The van der Waals surface area contributed by atoms with Crippen LogP contribution in [0, 0.1) is 17.8 Å². The molecule has 0 radical (unpaired) electrons. The Morgan fingerprint density at radius 2 is 1.90 bits per heavy atom. The predicted molar refractivity (Wildman–Crippen MR) is 84.3 cm³/mol. The predicted octanol–water partition coefficient (Wildman–Crippen LogP) is 3.43. The maximum atomic E-state index is 12.2. The summed E-state index contributed by atoms with van der Waals surface area (Å²) in [7, 11) is 1.76. The molecule has 0 aliphatic heterocycles. The molecule has 1 amide bonds. The van der Waals surface area contributed by atoms with Gasteiger partial charge in [0.2, 0.25) is 0 Å². The average Bonchev–Trinajstić information content (AvgIpc) is 2.38. The summed E-state index contributed by atoms with van der Waals surface area (Å²) in [6.45, 7) is 9.36. The van der Waals surface area contributed by atoms with Gasteiger partial charge in [-0.3, -0.25) is 4.79 Å². The highest BCUT2D eigenvalue weighted by Crippen LogP contribution is 2.21. The minimum atomic E-state index is -0.153. The zero-order valence-corrected chi connectivity index (χ0v) is 13.6. The molecule has 1 heterocycles. The average molecular weight is 298 g/mol. The minimum absolute atomic E-state index is 0.153. The maximum absolute atomic E-state index is 12.2. The van der Waals surface area contributed by atoms with Crippen molar-refractivity contribution in [2.24, 2.45) is 17.8 Å². The Balaban J connectivity index is 2.76. The first-order valence-corrected chi connectivity index (χ1v) is 7.36. The number of amides is 1. The fourth-order valence-electron chi connectivity index (χ4n) is 2.30. The molecule has 20 heavy (non-hydrogen) atoms. The molecule has 5 heteroatoms. The first kappa shape index (κ1) is 16.8. The lowest BCUT2D eigenvalue weighted by molar-refractivity contribution is 0.0937. The lowest BCUT2D eigenvalue weighted by Gasteiger charge is -2.25. The molecule has 112 valence electrons. The van der Waals surface area contributed by atoms with Crippen LogP contribution < -0.4 is 10.6 Å². The molecule has 0 fully saturated rings. The maximum Gasteiger partial charge on any atom is 0.253 e. The largest absolute Gasteiger partial charge is 0.373 e. The number of hydrogen-bond donors (Lipinski definition) is 2. The van der Waals surface area contributed by atoms with Gasteiger partial charge in [0.05, 0.1) is 10.6 Å². The van der Waals surface area contributed by atoms with Gasteiger partial charge >= 0.3 is 0 Å². The first-order valence-electron chi connectivity index (χ1n) is 6.98. The molecule has 0 aliphatic carbocycles. The van der Waals surface area contributed by atoms with E-state index in [-0.39, 0.29) is 5.91 Å². The van der Waals surface area contributed by atoms with Gasteiger partial charge in [0, 0.05) is 19.8 Å². The van der Waals surface area contributed by atoms with Crippen LogP contribution in [0.25, 0.3) is 0 Å². The monoisotopic (exact) mass is 297 g/mol. The van der Waals surface area contributed by atoms with Gasteiger partial charge in [0.1, 0.15) is 5.82 Å². The zero-order valence-electron chi connectivity index (χ0n) is 12.8. The third-order valence-electron chi connectivity index (χ3n) is 3.57. The van der Waals surface area contributed by atoms with Crippen LogP contribution in [-0.4, -0.2) is 24.5 Å². The summed E-state index contributed by atoms with van der Waals surface area (Å²) in [5.41, 5.74) is 0.456. The van der Waals surface area contributed by atoms with Crippen LogP contribution in [-0.2, 0) is 0 Å². The SMILES string of the molecule is CNc1cc(C(=O)NCC(C(C)C)C(C)C)c(Cl)cn1. The van der Waals surface area contributed by atoms with E-state index in [1.807, 2.05) is 0 Å². The number of anilines is 1. The van der Waals surface area contributed by atoms with Crippen molar-refractivity contribution in [2.45, 2.75) is 27.7 Å². The summed E-state index contributed by atoms with van der Waals surface area (Å²) in [6.07, 6.45) is 1.49. The van der Waals surface area contributed by atoms with Gasteiger partial charge in [0.15, 0.2) is 0 Å². The Bertz CT molecular complexity index is 452. The Labute approximate surface area is 126 Å². The van der Waals surface area contributed by atoms with Crippen molar-refractivity contribution in [3.05, 3.63) is 22.8 Å². The van der Waals surface area contributed by atoms with E-state index in [0.29, 0.717) is 40.7 Å². The lowest BCUT2D eigenvalue weighted by Crippen LogP contribution is -2.34. The van der Waals surface area contributed by atoms with Gasteiger partial charge in [-0.15, -0.1) is 0 Å². The highest BCUT2D eigenvalue weighted by Gasteiger charge is 2.19. The van der Waals surface area contributed by atoms with Gasteiger partial charge in [-0.05, 0) is 23.8 Å². The summed E-state index contributed by atoms with van der Waals surface area (Å²) < 4.78 is 0. The van der Waals surface area contributed by atoms with Crippen LogP contribution in [0.4, 0.5) is 5.82 Å². The minimum Gasteiger partial charge on any atom is -0.373 e. The van der Waals surface area contributed by atoms with E-state index in [2.05, 4.69) is 43.3 Å². The molecule has 0 aromatic carbocycles. The van der Waals surface area contributed by atoms with E-state index in [9.17, 15) is 4.79 Å². The van der Waals surface area contributed by atoms with Gasteiger partial charge in [-0.1, -0.05) is 39.3 Å². The number of pyridine rings is 1. The van der Waals surface area contributed by atoms with Gasteiger partial charge in [0.25, 0.3) is 5.91 Å². The molecule has 0 bridgehead atoms. The first-order chi connectivity index (χ1) is 9.36. The van der Waals surface area contributed by atoms with E-state index in [4.69, 9.17) is 11.6 Å². The Hall–Kier alpha value is -1.29. The Morgan fingerprint density at radius 3 is 2.40 bits per heavy atom. The second kappa shape index (κ2) is 7.48. The van der Waals surface area contributed by atoms with Crippen molar-refractivity contribution < 1.29 is 4.79 Å². The highest BCUT2D eigenvalue weighted by atomic mass is 35.5. The third kappa shape index (κ3) is 4.37. The molecule has 0 atom stereocenters. The van der Waals surface area contributed by atoms with Gasteiger partial charge < -0.3 is 10.6 Å². The van der Waals surface area contributed by atoms with E-state index in [1.54, 1.807) is 13.1 Å². The molecule has 1 aromatic rings. The van der Waals surface area contributed by atoms with Gasteiger partial charge in [-0.25, -0.2) is 4.98 Å². The molecule has 0 unspecified atom stereocenters. The zero-order chi connectivity index (χ0) is 15.3. The fraction of sp³-hybridized carbons (Fsp3) is 0.600. The molecule has 0 saturated carbocycles. The quantitative estimate of drug-likeness (QED) is 0.846. The second-order valence-electron chi connectivity index (χ2n) is 5.66. The van der Waals surface area contributed by atoms with Crippen LogP contribution >= 0.6 is 11.6 Å². The van der Waals surface area contributed by atoms with E-state index in [1.165, 1.54) is 6.20 Å². The normalized spacial score (nSPS) is 11.2. The molecule has 2 N–H and O–H groups in total. The standard InChI is InChI=1S/C15H24ClN3O/c1-9(2)12(10(3)4)7-19-15(20)11-6-14(17-5)18-8-13(11)16/h6,8-10,12H,7H2,1-5H3,(H,17,18)(H,19,20). The molecule has 1 aromatic heterocycles. The van der Waals surface area contributed by atoms with Crippen molar-refractivity contribution in [3.8, 4) is 0 Å². The number of rotatable bonds is 6. The molecule has 4 nitrogen and oxygen atoms in total. The summed E-state index contributed by atoms with van der Waals surface area (Å²) in [4.78, 5) is 16.3. The fourth-order valence-corrected chi connectivity index (χ4v) is 2.49. The summed E-state index contributed by atoms with van der Waals surface area (Å²) in [6, 6.07) is 1.66. The van der Waals surface area contributed by atoms with Crippen molar-refractivity contribution in [1.29, 1.82) is 0 Å². The van der Waals surface area contributed by atoms with Crippen molar-refractivity contribution in [3.63, 3.8) is 0 Å². The molecule has 0 spiro atoms. The number of carbonyl (C=O) groups excluding carboxylic acids is 1. The number of nitrogens with one attached hydrogen (secondary N) is 2. The topological polar surface area (TPSA) is 54.0 Å². The number of aromatic nitrogens is 1. The van der Waals surface area contributed by atoms with Crippen LogP contribution in [0.1, 0.15) is 38.1 Å². The smallest absolute Gasteiger partial charge is 0.253 e. The number of nitrogens with zero attached hydrogens (tertiary/aromatic N) is 1. The molecule has 0 saturated heterocycles. The number of hydrogen-bond acceptors (Lipinski definition) is 3. The van der Waals surface area contributed by atoms with Crippen LogP contribution in [0.3, 0.4) is 0 Å². The van der Waals surface area contributed by atoms with E-state index < -0.39 is 0 Å². The van der Waals surface area contributed by atoms with Crippen molar-refractivity contribution in [1.82, 2.24) is 10.3 Å². The Morgan fingerprint density at radius 1 is 1.30 bits per heavy atom.